The van der Waals surface area contributed by atoms with E-state index in [1.807, 2.05) is 0 Å². The molecule has 2 amide bonds. The van der Waals surface area contributed by atoms with Crippen molar-refractivity contribution in [2.45, 2.75) is 32.6 Å². The Morgan fingerprint density at radius 1 is 1.24 bits per heavy atom. The largest absolute Gasteiger partial charge is 0.381 e. The lowest BCUT2D eigenvalue weighted by Gasteiger charge is -2.29. The maximum atomic E-state index is 11.9. The molecule has 0 aromatic rings. The fraction of sp³-hybridized carbons (Fsp3) is 0.938. The van der Waals surface area contributed by atoms with E-state index < -0.39 is 0 Å². The molecule has 0 saturated carbocycles. The van der Waals surface area contributed by atoms with Gasteiger partial charge in [-0.2, -0.15) is 0 Å². The van der Waals surface area contributed by atoms with E-state index in [0.717, 1.165) is 39.3 Å². The number of likely N-dealkylation sites (tertiary alicyclic amines) is 1. The van der Waals surface area contributed by atoms with Crippen LogP contribution in [-0.2, 0) is 4.74 Å². The molecule has 2 N–H and O–H groups in total. The minimum Gasteiger partial charge on any atom is -0.381 e. The van der Waals surface area contributed by atoms with E-state index in [9.17, 15) is 4.79 Å². The van der Waals surface area contributed by atoms with Crippen LogP contribution in [0.1, 0.15) is 32.6 Å². The van der Waals surface area contributed by atoms with Gasteiger partial charge in [0.2, 0.25) is 0 Å². The van der Waals surface area contributed by atoms with Crippen LogP contribution in [0.2, 0.25) is 0 Å². The number of ether oxygens (including phenoxy) is 1. The summed E-state index contributed by atoms with van der Waals surface area (Å²) < 4.78 is 5.43. The number of hydrogen-bond acceptors (Lipinski definition) is 3. The van der Waals surface area contributed by atoms with Crippen molar-refractivity contribution in [3.63, 3.8) is 0 Å². The molecule has 21 heavy (non-hydrogen) atoms. The minimum absolute atomic E-state index is 0.0133. The third kappa shape index (κ3) is 5.83. The Kier molecular flexibility index (Phi) is 6.77. The van der Waals surface area contributed by atoms with Gasteiger partial charge in [0.25, 0.3) is 0 Å². The lowest BCUT2D eigenvalue weighted by Crippen LogP contribution is -2.43. The summed E-state index contributed by atoms with van der Waals surface area (Å²) in [7, 11) is 2.17. The maximum Gasteiger partial charge on any atom is 0.314 e. The van der Waals surface area contributed by atoms with Crippen molar-refractivity contribution < 1.29 is 9.53 Å². The quantitative estimate of drug-likeness (QED) is 0.830. The van der Waals surface area contributed by atoms with Crippen LogP contribution < -0.4 is 10.6 Å². The second kappa shape index (κ2) is 8.59. The van der Waals surface area contributed by atoms with E-state index in [1.165, 1.54) is 25.8 Å². The van der Waals surface area contributed by atoms with Gasteiger partial charge in [0.05, 0.1) is 0 Å². The van der Waals surface area contributed by atoms with Crippen LogP contribution in [0.4, 0.5) is 4.79 Å². The topological polar surface area (TPSA) is 53.6 Å². The highest BCUT2D eigenvalue weighted by Gasteiger charge is 2.22. The molecule has 0 aromatic heterocycles. The molecule has 2 rings (SSSR count). The Labute approximate surface area is 128 Å². The summed E-state index contributed by atoms with van der Waals surface area (Å²) in [5, 5.41) is 6.08. The molecule has 0 aliphatic carbocycles. The number of rotatable bonds is 4. The summed E-state index contributed by atoms with van der Waals surface area (Å²) in [6, 6.07) is -0.0133. The molecule has 2 aliphatic rings. The zero-order valence-electron chi connectivity index (χ0n) is 13.6. The van der Waals surface area contributed by atoms with E-state index in [0.29, 0.717) is 17.8 Å². The Hall–Kier alpha value is -0.810. The van der Waals surface area contributed by atoms with Gasteiger partial charge in [0.15, 0.2) is 0 Å². The molecule has 2 heterocycles. The first-order valence-corrected chi connectivity index (χ1v) is 8.43. The molecule has 3 unspecified atom stereocenters. The van der Waals surface area contributed by atoms with Gasteiger partial charge in [-0.1, -0.05) is 13.3 Å². The Morgan fingerprint density at radius 3 is 2.86 bits per heavy atom. The van der Waals surface area contributed by atoms with Crippen LogP contribution in [0.25, 0.3) is 0 Å². The van der Waals surface area contributed by atoms with Crippen molar-refractivity contribution in [2.75, 3.05) is 46.4 Å². The second-order valence-corrected chi connectivity index (χ2v) is 6.82. The highest BCUT2D eigenvalue weighted by Crippen LogP contribution is 2.20. The molecule has 0 aromatic carbocycles. The predicted octanol–water partition coefficient (Wildman–Crippen LogP) is 1.69. The number of nitrogens with zero attached hydrogens (tertiary/aromatic N) is 1. The normalized spacial score (nSPS) is 31.4. The molecule has 2 aliphatic heterocycles. The number of nitrogens with one attached hydrogen (secondary N) is 2. The first-order chi connectivity index (χ1) is 10.1. The van der Waals surface area contributed by atoms with E-state index in [4.69, 9.17) is 4.74 Å². The van der Waals surface area contributed by atoms with Crippen molar-refractivity contribution in [3.8, 4) is 0 Å². The van der Waals surface area contributed by atoms with Gasteiger partial charge in [-0.3, -0.25) is 0 Å². The molecule has 0 radical (unpaired) electrons. The minimum atomic E-state index is -0.0133. The number of carbonyl (C=O) groups is 1. The van der Waals surface area contributed by atoms with Gasteiger partial charge in [0.1, 0.15) is 0 Å². The van der Waals surface area contributed by atoms with E-state index in [-0.39, 0.29) is 6.03 Å². The highest BCUT2D eigenvalue weighted by molar-refractivity contribution is 5.73. The van der Waals surface area contributed by atoms with Crippen molar-refractivity contribution in [3.05, 3.63) is 0 Å². The number of hydrogen-bond donors (Lipinski definition) is 2. The predicted molar refractivity (Wildman–Crippen MR) is 84.3 cm³/mol. The SMILES string of the molecule is CC1COCCC1CNC(=O)NCC1CCCCN(C)C1. The lowest BCUT2D eigenvalue weighted by molar-refractivity contribution is 0.0253. The monoisotopic (exact) mass is 297 g/mol. The standard InChI is InChI=1S/C16H31N3O2/c1-13-12-21-8-6-15(13)10-18-16(20)17-9-14-5-3-4-7-19(2)11-14/h13-15H,3-12H2,1-2H3,(H2,17,18,20). The van der Waals surface area contributed by atoms with Crippen LogP contribution in [0.3, 0.4) is 0 Å². The summed E-state index contributed by atoms with van der Waals surface area (Å²) in [5.41, 5.74) is 0. The number of urea groups is 1. The van der Waals surface area contributed by atoms with Gasteiger partial charge in [-0.25, -0.2) is 4.79 Å². The first kappa shape index (κ1) is 16.6. The van der Waals surface area contributed by atoms with Crippen LogP contribution in [0, 0.1) is 17.8 Å². The van der Waals surface area contributed by atoms with Crippen LogP contribution in [0.15, 0.2) is 0 Å². The Morgan fingerprint density at radius 2 is 2.05 bits per heavy atom. The average Bonchev–Trinajstić information content (AvgIpc) is 2.68. The summed E-state index contributed by atoms with van der Waals surface area (Å²) >= 11 is 0. The van der Waals surface area contributed by atoms with Gasteiger partial charge < -0.3 is 20.3 Å². The Bertz CT molecular complexity index is 325. The third-order valence-corrected chi connectivity index (χ3v) is 4.87. The summed E-state index contributed by atoms with van der Waals surface area (Å²) in [5.74, 6) is 1.67. The van der Waals surface area contributed by atoms with Crippen molar-refractivity contribution in [2.24, 2.45) is 17.8 Å². The molecule has 2 fully saturated rings. The first-order valence-electron chi connectivity index (χ1n) is 8.43. The molecular weight excluding hydrogens is 266 g/mol. The summed E-state index contributed by atoms with van der Waals surface area (Å²) in [6.07, 6.45) is 4.83. The molecule has 122 valence electrons. The summed E-state index contributed by atoms with van der Waals surface area (Å²) in [4.78, 5) is 14.3. The highest BCUT2D eigenvalue weighted by atomic mass is 16.5. The van der Waals surface area contributed by atoms with Gasteiger partial charge in [0, 0.05) is 32.8 Å². The fourth-order valence-corrected chi connectivity index (χ4v) is 3.36. The van der Waals surface area contributed by atoms with Crippen molar-refractivity contribution in [1.82, 2.24) is 15.5 Å². The smallest absolute Gasteiger partial charge is 0.314 e. The average molecular weight is 297 g/mol. The third-order valence-electron chi connectivity index (χ3n) is 4.87. The van der Waals surface area contributed by atoms with Gasteiger partial charge >= 0.3 is 6.03 Å². The number of amides is 2. The van der Waals surface area contributed by atoms with Crippen LogP contribution >= 0.6 is 0 Å². The molecular formula is C16H31N3O2. The summed E-state index contributed by atoms with van der Waals surface area (Å²) in [6.45, 7) is 7.68. The fourth-order valence-electron chi connectivity index (χ4n) is 3.36. The maximum absolute atomic E-state index is 11.9. The molecule has 0 bridgehead atoms. The lowest BCUT2D eigenvalue weighted by atomic mass is 9.90. The molecule has 5 nitrogen and oxygen atoms in total. The molecule has 3 atom stereocenters. The van der Waals surface area contributed by atoms with Gasteiger partial charge in [-0.05, 0) is 50.6 Å². The number of carbonyl (C=O) groups excluding carboxylic acids is 1. The molecule has 2 saturated heterocycles. The molecule has 0 spiro atoms. The van der Waals surface area contributed by atoms with E-state index in [2.05, 4.69) is 29.5 Å². The van der Waals surface area contributed by atoms with Crippen LogP contribution in [0.5, 0.6) is 0 Å². The van der Waals surface area contributed by atoms with E-state index >= 15 is 0 Å². The zero-order valence-corrected chi connectivity index (χ0v) is 13.6. The van der Waals surface area contributed by atoms with Crippen LogP contribution in [-0.4, -0.2) is 57.4 Å². The van der Waals surface area contributed by atoms with Crippen molar-refractivity contribution in [1.29, 1.82) is 0 Å². The van der Waals surface area contributed by atoms with E-state index in [1.54, 1.807) is 0 Å². The zero-order chi connectivity index (χ0) is 15.1. The molecule has 5 heteroatoms. The Balaban J connectivity index is 1.62. The van der Waals surface area contributed by atoms with Gasteiger partial charge in [-0.15, -0.1) is 0 Å². The second-order valence-electron chi connectivity index (χ2n) is 6.82. The van der Waals surface area contributed by atoms with Crippen molar-refractivity contribution >= 4 is 6.03 Å².